The van der Waals surface area contributed by atoms with Gasteiger partial charge in [-0.1, -0.05) is 12.1 Å². The second-order valence-corrected chi connectivity index (χ2v) is 11.5. The number of methoxy groups -OCH3 is 1. The second-order valence-electron chi connectivity index (χ2n) is 10.7. The summed E-state index contributed by atoms with van der Waals surface area (Å²) >= 11 is 1.50. The lowest BCUT2D eigenvalue weighted by atomic mass is 10.1. The average Bonchev–Trinajstić information content (AvgIpc) is 3.88. The molecule has 0 spiro atoms. The van der Waals surface area contributed by atoms with E-state index in [1.54, 1.807) is 41.1 Å². The minimum absolute atomic E-state index is 0.0184. The maximum absolute atomic E-state index is 13.2. The Morgan fingerprint density at radius 3 is 2.84 bits per heavy atom. The first-order valence-electron chi connectivity index (χ1n) is 14.5. The third-order valence-corrected chi connectivity index (χ3v) is 8.56. The summed E-state index contributed by atoms with van der Waals surface area (Å²) in [5, 5.41) is 17.5. The number of rotatable bonds is 10. The molecule has 1 atom stereocenters. The molecule has 1 saturated heterocycles. The summed E-state index contributed by atoms with van der Waals surface area (Å²) in [6, 6.07) is 12.9. The molecule has 13 heteroatoms. The fourth-order valence-corrected chi connectivity index (χ4v) is 6.15. The molecule has 1 N–H and O–H groups in total. The highest BCUT2D eigenvalue weighted by Crippen LogP contribution is 2.37. The predicted molar refractivity (Wildman–Crippen MR) is 167 cm³/mol. The third-order valence-electron chi connectivity index (χ3n) is 7.62. The number of carbonyl (C=O) groups is 1. The normalized spacial score (nSPS) is 14.8. The lowest BCUT2D eigenvalue weighted by Gasteiger charge is -2.27. The van der Waals surface area contributed by atoms with E-state index >= 15 is 0 Å². The van der Waals surface area contributed by atoms with Crippen LogP contribution in [0.4, 0.5) is 0 Å². The van der Waals surface area contributed by atoms with Crippen molar-refractivity contribution in [2.24, 2.45) is 0 Å². The SMILES string of the molecule is COc1cc(OCc2csc(-c3ccc(C(=O)N(CCO)C4CCOC4)cc3)n2)c2cc(-c3cn4nc(C)cnc4n3)oc2c1. The molecule has 0 bridgehead atoms. The van der Waals surface area contributed by atoms with Crippen LogP contribution in [0.2, 0.25) is 0 Å². The number of benzene rings is 2. The van der Waals surface area contributed by atoms with Gasteiger partial charge in [-0.3, -0.25) is 4.79 Å². The van der Waals surface area contributed by atoms with Gasteiger partial charge >= 0.3 is 0 Å². The summed E-state index contributed by atoms with van der Waals surface area (Å²) in [6.45, 7) is 3.41. The van der Waals surface area contributed by atoms with Crippen molar-refractivity contribution in [2.75, 3.05) is 33.5 Å². The summed E-state index contributed by atoms with van der Waals surface area (Å²) in [5.41, 5.74) is 4.21. The molecule has 6 aromatic rings. The first kappa shape index (κ1) is 28.9. The van der Waals surface area contributed by atoms with Gasteiger partial charge in [0.25, 0.3) is 11.7 Å². The Kier molecular flexibility index (Phi) is 7.88. The predicted octanol–water partition coefficient (Wildman–Crippen LogP) is 4.78. The molecule has 7 rings (SSSR count). The highest BCUT2D eigenvalue weighted by atomic mass is 32.1. The number of ether oxygens (including phenoxy) is 3. The summed E-state index contributed by atoms with van der Waals surface area (Å²) < 4.78 is 25.0. The van der Waals surface area contributed by atoms with E-state index in [4.69, 9.17) is 23.6 Å². The molecule has 230 valence electrons. The number of nitrogens with zero attached hydrogens (tertiary/aromatic N) is 6. The Bertz CT molecular complexity index is 1980. The number of aryl methyl sites for hydroxylation is 1. The quantitative estimate of drug-likeness (QED) is 0.226. The Balaban J connectivity index is 1.07. The fraction of sp³-hybridized carbons (Fsp3) is 0.281. The average molecular weight is 627 g/mol. The van der Waals surface area contributed by atoms with Crippen molar-refractivity contribution in [3.8, 4) is 33.5 Å². The molecule has 1 fully saturated rings. The van der Waals surface area contributed by atoms with Gasteiger partial charge in [-0.05, 0) is 31.5 Å². The number of fused-ring (bicyclic) bond motifs is 2. The van der Waals surface area contributed by atoms with Crippen LogP contribution in [0.1, 0.15) is 28.2 Å². The zero-order chi connectivity index (χ0) is 30.9. The van der Waals surface area contributed by atoms with Crippen LogP contribution in [0, 0.1) is 6.92 Å². The molecule has 1 aliphatic heterocycles. The van der Waals surface area contributed by atoms with Gasteiger partial charge in [0.15, 0.2) is 5.76 Å². The largest absolute Gasteiger partial charge is 0.496 e. The zero-order valence-electron chi connectivity index (χ0n) is 24.7. The van der Waals surface area contributed by atoms with Crippen molar-refractivity contribution in [3.63, 3.8) is 0 Å². The Morgan fingerprint density at radius 2 is 2.07 bits per heavy atom. The van der Waals surface area contributed by atoms with Gasteiger partial charge in [0.05, 0.1) is 55.5 Å². The van der Waals surface area contributed by atoms with Crippen LogP contribution in [0.5, 0.6) is 11.5 Å². The molecule has 4 aromatic heterocycles. The number of imidazole rings is 1. The maximum atomic E-state index is 13.2. The molecule has 1 unspecified atom stereocenters. The van der Waals surface area contributed by atoms with Crippen molar-refractivity contribution < 1.29 is 28.5 Å². The van der Waals surface area contributed by atoms with Crippen LogP contribution in [0.15, 0.2) is 64.7 Å². The Labute approximate surface area is 261 Å². The molecule has 0 radical (unpaired) electrons. The summed E-state index contributed by atoms with van der Waals surface area (Å²) in [4.78, 5) is 28.5. The van der Waals surface area contributed by atoms with E-state index in [1.807, 2.05) is 42.6 Å². The van der Waals surface area contributed by atoms with Crippen LogP contribution in [0.25, 0.3) is 38.8 Å². The van der Waals surface area contributed by atoms with Crippen molar-refractivity contribution in [2.45, 2.75) is 26.0 Å². The van der Waals surface area contributed by atoms with Crippen molar-refractivity contribution in [3.05, 3.63) is 77.2 Å². The maximum Gasteiger partial charge on any atom is 0.254 e. The van der Waals surface area contributed by atoms with Crippen LogP contribution in [-0.4, -0.2) is 80.0 Å². The third kappa shape index (κ3) is 5.84. The topological polar surface area (TPSA) is 137 Å². The number of carbonyl (C=O) groups excluding carboxylic acids is 1. The number of thiazole rings is 1. The number of hydrogen-bond acceptors (Lipinski definition) is 11. The minimum Gasteiger partial charge on any atom is -0.496 e. The molecular weight excluding hydrogens is 596 g/mol. The molecule has 45 heavy (non-hydrogen) atoms. The minimum atomic E-state index is -0.115. The van der Waals surface area contributed by atoms with Gasteiger partial charge in [-0.25, -0.2) is 19.5 Å². The van der Waals surface area contributed by atoms with Gasteiger partial charge in [0.1, 0.15) is 34.4 Å². The number of aromatic nitrogens is 5. The molecule has 12 nitrogen and oxygen atoms in total. The van der Waals surface area contributed by atoms with E-state index in [0.29, 0.717) is 53.1 Å². The van der Waals surface area contributed by atoms with Gasteiger partial charge in [-0.2, -0.15) is 5.10 Å². The Morgan fingerprint density at radius 1 is 1.20 bits per heavy atom. The molecule has 2 aromatic carbocycles. The van der Waals surface area contributed by atoms with E-state index in [1.165, 1.54) is 11.3 Å². The van der Waals surface area contributed by atoms with Gasteiger partial charge in [0.2, 0.25) is 0 Å². The first-order chi connectivity index (χ1) is 22.0. The van der Waals surface area contributed by atoms with Crippen LogP contribution in [0.3, 0.4) is 0 Å². The summed E-state index contributed by atoms with van der Waals surface area (Å²) in [6.07, 6.45) is 4.22. The van der Waals surface area contributed by atoms with Crippen LogP contribution >= 0.6 is 11.3 Å². The number of amides is 1. The van der Waals surface area contributed by atoms with E-state index in [9.17, 15) is 9.90 Å². The van der Waals surface area contributed by atoms with Crippen LogP contribution in [-0.2, 0) is 11.3 Å². The second kappa shape index (κ2) is 12.3. The molecule has 0 aliphatic carbocycles. The van der Waals surface area contributed by atoms with Crippen molar-refractivity contribution >= 4 is 34.0 Å². The van der Waals surface area contributed by atoms with Gasteiger partial charge < -0.3 is 28.6 Å². The lowest BCUT2D eigenvalue weighted by molar-refractivity contribution is 0.0608. The summed E-state index contributed by atoms with van der Waals surface area (Å²) in [7, 11) is 1.59. The smallest absolute Gasteiger partial charge is 0.254 e. The zero-order valence-corrected chi connectivity index (χ0v) is 25.5. The van der Waals surface area contributed by atoms with E-state index in [-0.39, 0.29) is 31.7 Å². The van der Waals surface area contributed by atoms with Gasteiger partial charge in [0, 0.05) is 41.8 Å². The van der Waals surface area contributed by atoms with E-state index in [2.05, 4.69) is 15.1 Å². The lowest BCUT2D eigenvalue weighted by Crippen LogP contribution is -2.42. The number of hydrogen-bond donors (Lipinski definition) is 1. The fourth-order valence-electron chi connectivity index (χ4n) is 5.34. The summed E-state index contributed by atoms with van der Waals surface area (Å²) in [5.74, 6) is 2.11. The Hall–Kier alpha value is -4.85. The molecule has 1 aliphatic rings. The highest BCUT2D eigenvalue weighted by molar-refractivity contribution is 7.13. The monoisotopic (exact) mass is 626 g/mol. The van der Waals surface area contributed by atoms with E-state index < -0.39 is 0 Å². The number of aliphatic hydroxyl groups excluding tert-OH is 1. The first-order valence-corrected chi connectivity index (χ1v) is 15.3. The molecule has 5 heterocycles. The number of furan rings is 1. The molecule has 0 saturated carbocycles. The van der Waals surface area contributed by atoms with Crippen LogP contribution < -0.4 is 9.47 Å². The van der Waals surface area contributed by atoms with Crippen molar-refractivity contribution in [1.29, 1.82) is 0 Å². The molecule has 1 amide bonds. The highest BCUT2D eigenvalue weighted by Gasteiger charge is 2.27. The molecular formula is C32H30N6O6S. The van der Waals surface area contributed by atoms with Crippen molar-refractivity contribution in [1.82, 2.24) is 29.5 Å². The number of aliphatic hydroxyl groups is 1. The van der Waals surface area contributed by atoms with Gasteiger partial charge in [-0.15, -0.1) is 11.3 Å². The van der Waals surface area contributed by atoms with E-state index in [0.717, 1.165) is 33.8 Å². The standard InChI is InChI=1S/C32H30N6O6S/c1-19-14-33-32-35-26(15-38(32)36-19)29-13-25-27(11-24(41-2)12-28(25)44-29)43-16-22-18-45-30(34-22)20-3-5-21(6-4-20)31(40)37(8-9-39)23-7-10-42-17-23/h3-6,11-15,18,23,39H,7-10,16-17H2,1-2H3.